The van der Waals surface area contributed by atoms with E-state index in [1.54, 1.807) is 0 Å². The first-order chi connectivity index (χ1) is 8.39. The molecule has 1 heteroatoms. The van der Waals surface area contributed by atoms with Crippen molar-refractivity contribution in [1.29, 1.82) is 0 Å². The first-order valence-electron chi connectivity index (χ1n) is 6.69. The third-order valence-electron chi connectivity index (χ3n) is 3.79. The monoisotopic (exact) mass is 241 g/mol. The molecule has 0 unspecified atom stereocenters. The summed E-state index contributed by atoms with van der Waals surface area (Å²) in [6, 6.07) is 6.57. The average Bonchev–Trinajstić information content (AvgIpc) is 2.32. The number of hydrogen-bond donors (Lipinski definition) is 0. The number of hydrogen-bond acceptors (Lipinski definition) is 1. The molecule has 1 nitrogen and oxygen atoms in total. The van der Waals surface area contributed by atoms with Crippen molar-refractivity contribution in [1.82, 2.24) is 0 Å². The number of aliphatic imine (C=N–C) groups is 1. The standard InChI is InChI=1S/C17H23N/c1-12-7-6-8-15(13(12)2)14-9-10-18-16(11-14)17(3,4)5/h6-9H,10-11H2,1-5H3. The van der Waals surface area contributed by atoms with Crippen LogP contribution in [0, 0.1) is 19.3 Å². The van der Waals surface area contributed by atoms with Gasteiger partial charge in [0.05, 0.1) is 6.54 Å². The third-order valence-corrected chi connectivity index (χ3v) is 3.79. The van der Waals surface area contributed by atoms with Gasteiger partial charge >= 0.3 is 0 Å². The summed E-state index contributed by atoms with van der Waals surface area (Å²) in [7, 11) is 0. The van der Waals surface area contributed by atoms with Crippen molar-refractivity contribution in [2.24, 2.45) is 10.4 Å². The van der Waals surface area contributed by atoms with Crippen molar-refractivity contribution >= 4 is 11.3 Å². The van der Waals surface area contributed by atoms with Crippen molar-refractivity contribution in [2.45, 2.75) is 41.0 Å². The van der Waals surface area contributed by atoms with Crippen molar-refractivity contribution in [3.63, 3.8) is 0 Å². The van der Waals surface area contributed by atoms with Crippen LogP contribution in [0.15, 0.2) is 29.3 Å². The quantitative estimate of drug-likeness (QED) is 0.682. The van der Waals surface area contributed by atoms with Gasteiger partial charge in [-0.2, -0.15) is 0 Å². The lowest BCUT2D eigenvalue weighted by Crippen LogP contribution is -2.23. The van der Waals surface area contributed by atoms with Crippen molar-refractivity contribution in [2.75, 3.05) is 6.54 Å². The van der Waals surface area contributed by atoms with E-state index >= 15 is 0 Å². The molecular formula is C17H23N. The van der Waals surface area contributed by atoms with E-state index in [1.807, 2.05) is 0 Å². The predicted molar refractivity (Wildman–Crippen MR) is 80.3 cm³/mol. The Kier molecular flexibility index (Phi) is 3.43. The molecule has 2 rings (SSSR count). The highest BCUT2D eigenvalue weighted by molar-refractivity contribution is 5.99. The van der Waals surface area contributed by atoms with Crippen LogP contribution in [-0.2, 0) is 0 Å². The van der Waals surface area contributed by atoms with Crippen LogP contribution in [0.2, 0.25) is 0 Å². The molecule has 0 aliphatic carbocycles. The van der Waals surface area contributed by atoms with E-state index in [4.69, 9.17) is 0 Å². The minimum atomic E-state index is 0.178. The Morgan fingerprint density at radius 3 is 2.50 bits per heavy atom. The highest BCUT2D eigenvalue weighted by atomic mass is 14.8. The first-order valence-corrected chi connectivity index (χ1v) is 6.69. The molecule has 0 bridgehead atoms. The van der Waals surface area contributed by atoms with Gasteiger partial charge in [-0.3, -0.25) is 4.99 Å². The Labute approximate surface area is 111 Å². The molecule has 0 radical (unpaired) electrons. The molecule has 96 valence electrons. The van der Waals surface area contributed by atoms with E-state index < -0.39 is 0 Å². The van der Waals surface area contributed by atoms with Crippen LogP contribution >= 0.6 is 0 Å². The highest BCUT2D eigenvalue weighted by Gasteiger charge is 2.22. The summed E-state index contributed by atoms with van der Waals surface area (Å²) in [5.41, 5.74) is 7.10. The average molecular weight is 241 g/mol. The Morgan fingerprint density at radius 2 is 1.83 bits per heavy atom. The first kappa shape index (κ1) is 13.1. The Morgan fingerprint density at radius 1 is 1.11 bits per heavy atom. The fourth-order valence-electron chi connectivity index (χ4n) is 2.38. The lowest BCUT2D eigenvalue weighted by Gasteiger charge is -2.26. The molecule has 0 spiro atoms. The molecule has 0 atom stereocenters. The van der Waals surface area contributed by atoms with Gasteiger partial charge in [0.15, 0.2) is 0 Å². The summed E-state index contributed by atoms with van der Waals surface area (Å²) in [5, 5.41) is 0. The van der Waals surface area contributed by atoms with Gasteiger partial charge in [-0.1, -0.05) is 45.0 Å². The second kappa shape index (κ2) is 4.72. The molecule has 1 aromatic carbocycles. The van der Waals surface area contributed by atoms with Crippen LogP contribution < -0.4 is 0 Å². The maximum absolute atomic E-state index is 4.67. The summed E-state index contributed by atoms with van der Waals surface area (Å²) >= 11 is 0. The van der Waals surface area contributed by atoms with Gasteiger partial charge in [-0.15, -0.1) is 0 Å². The summed E-state index contributed by atoms with van der Waals surface area (Å²) < 4.78 is 0. The molecule has 18 heavy (non-hydrogen) atoms. The van der Waals surface area contributed by atoms with Crippen LogP contribution in [-0.4, -0.2) is 12.3 Å². The van der Waals surface area contributed by atoms with E-state index in [1.165, 1.54) is 28.0 Å². The van der Waals surface area contributed by atoms with Crippen LogP contribution in [0.5, 0.6) is 0 Å². The topological polar surface area (TPSA) is 12.4 Å². The molecule has 1 heterocycles. The smallest absolute Gasteiger partial charge is 0.0576 e. The lowest BCUT2D eigenvalue weighted by atomic mass is 9.82. The number of rotatable bonds is 1. The van der Waals surface area contributed by atoms with Crippen molar-refractivity contribution < 1.29 is 0 Å². The summed E-state index contributed by atoms with van der Waals surface area (Å²) in [5.74, 6) is 0. The number of dihydropyridines is 1. The zero-order chi connectivity index (χ0) is 13.3. The third kappa shape index (κ3) is 2.55. The summed E-state index contributed by atoms with van der Waals surface area (Å²) in [4.78, 5) is 4.67. The highest BCUT2D eigenvalue weighted by Crippen LogP contribution is 2.31. The molecular weight excluding hydrogens is 218 g/mol. The minimum Gasteiger partial charge on any atom is -0.289 e. The second-order valence-electron chi connectivity index (χ2n) is 6.19. The maximum Gasteiger partial charge on any atom is 0.0576 e. The molecule has 0 fully saturated rings. The lowest BCUT2D eigenvalue weighted by molar-refractivity contribution is 0.580. The van der Waals surface area contributed by atoms with E-state index in [0.29, 0.717) is 0 Å². The Bertz CT molecular complexity index is 513. The number of benzene rings is 1. The van der Waals surface area contributed by atoms with Crippen LogP contribution in [0.3, 0.4) is 0 Å². The van der Waals surface area contributed by atoms with E-state index in [0.717, 1.165) is 13.0 Å². The van der Waals surface area contributed by atoms with Gasteiger partial charge in [0.1, 0.15) is 0 Å². The van der Waals surface area contributed by atoms with E-state index in [9.17, 15) is 0 Å². The largest absolute Gasteiger partial charge is 0.289 e. The number of aryl methyl sites for hydroxylation is 1. The summed E-state index contributed by atoms with van der Waals surface area (Å²) in [6.07, 6.45) is 3.27. The minimum absolute atomic E-state index is 0.178. The fourth-order valence-corrected chi connectivity index (χ4v) is 2.38. The zero-order valence-corrected chi connectivity index (χ0v) is 12.2. The molecule has 0 aromatic heterocycles. The number of nitrogens with zero attached hydrogens (tertiary/aromatic N) is 1. The summed E-state index contributed by atoms with van der Waals surface area (Å²) in [6.45, 7) is 12.0. The van der Waals surface area contributed by atoms with Gasteiger partial charge in [-0.05, 0) is 36.1 Å². The maximum atomic E-state index is 4.67. The zero-order valence-electron chi connectivity index (χ0n) is 12.2. The van der Waals surface area contributed by atoms with Crippen LogP contribution in [0.25, 0.3) is 5.57 Å². The molecule has 0 saturated heterocycles. The van der Waals surface area contributed by atoms with Gasteiger partial charge in [0.25, 0.3) is 0 Å². The van der Waals surface area contributed by atoms with Crippen molar-refractivity contribution in [3.8, 4) is 0 Å². The van der Waals surface area contributed by atoms with Crippen molar-refractivity contribution in [3.05, 3.63) is 41.0 Å². The SMILES string of the molecule is Cc1cccc(C2=CCN=C(C(C)(C)C)C2)c1C. The molecule has 0 N–H and O–H groups in total. The van der Waals surface area contributed by atoms with Crippen LogP contribution in [0.1, 0.15) is 43.9 Å². The van der Waals surface area contributed by atoms with Crippen LogP contribution in [0.4, 0.5) is 0 Å². The van der Waals surface area contributed by atoms with Gasteiger partial charge in [-0.25, -0.2) is 0 Å². The molecule has 0 amide bonds. The predicted octanol–water partition coefficient (Wildman–Crippen LogP) is 4.58. The van der Waals surface area contributed by atoms with Gasteiger partial charge < -0.3 is 0 Å². The Hall–Kier alpha value is -1.37. The van der Waals surface area contributed by atoms with Gasteiger partial charge in [0.2, 0.25) is 0 Å². The fraction of sp³-hybridized carbons (Fsp3) is 0.471. The number of allylic oxidation sites excluding steroid dienone is 1. The molecule has 1 aliphatic heterocycles. The Balaban J connectivity index is 2.32. The van der Waals surface area contributed by atoms with E-state index in [-0.39, 0.29) is 5.41 Å². The molecule has 1 aliphatic rings. The molecule has 0 saturated carbocycles. The second-order valence-corrected chi connectivity index (χ2v) is 6.19. The molecule has 1 aromatic rings. The normalized spacial score (nSPS) is 16.3. The van der Waals surface area contributed by atoms with E-state index in [2.05, 4.69) is 63.9 Å². The van der Waals surface area contributed by atoms with Gasteiger partial charge in [0, 0.05) is 17.5 Å².